The summed E-state index contributed by atoms with van der Waals surface area (Å²) in [6.45, 7) is 6.37. The van der Waals surface area contributed by atoms with Crippen LogP contribution in [-0.2, 0) is 6.42 Å². The quantitative estimate of drug-likeness (QED) is 0.501. The van der Waals surface area contributed by atoms with E-state index in [1.165, 1.54) is 5.56 Å². The smallest absolute Gasteiger partial charge is 0.191 e. The molecule has 1 atom stereocenters. The fourth-order valence-corrected chi connectivity index (χ4v) is 1.87. The lowest BCUT2D eigenvalue weighted by atomic mass is 10.1. The number of aliphatic hydroxyl groups is 1. The lowest BCUT2D eigenvalue weighted by molar-refractivity contribution is 0.241. The molecule has 0 fully saturated rings. The summed E-state index contributed by atoms with van der Waals surface area (Å²) in [5.74, 6) is 1.87. The van der Waals surface area contributed by atoms with Crippen LogP contribution in [0.5, 0.6) is 5.75 Å². The van der Waals surface area contributed by atoms with Crippen LogP contribution in [-0.4, -0.2) is 44.4 Å². The number of methoxy groups -OCH3 is 1. The molecular weight excluding hydrogens is 266 g/mol. The van der Waals surface area contributed by atoms with Gasteiger partial charge in [0.1, 0.15) is 5.75 Å². The summed E-state index contributed by atoms with van der Waals surface area (Å²) in [5.41, 5.74) is 1.17. The molecule has 3 N–H and O–H groups in total. The molecule has 0 aromatic heterocycles. The van der Waals surface area contributed by atoms with Gasteiger partial charge < -0.3 is 20.5 Å². The van der Waals surface area contributed by atoms with Gasteiger partial charge >= 0.3 is 0 Å². The summed E-state index contributed by atoms with van der Waals surface area (Å²) in [4.78, 5) is 4.46. The first-order valence-electron chi connectivity index (χ1n) is 7.46. The van der Waals surface area contributed by atoms with Crippen LogP contribution >= 0.6 is 0 Å². The highest BCUT2D eigenvalue weighted by Crippen LogP contribution is 2.17. The highest BCUT2D eigenvalue weighted by atomic mass is 16.5. The maximum Gasteiger partial charge on any atom is 0.191 e. The number of benzene rings is 1. The second-order valence-corrected chi connectivity index (χ2v) is 5.00. The zero-order valence-electron chi connectivity index (χ0n) is 13.2. The van der Waals surface area contributed by atoms with E-state index in [1.807, 2.05) is 32.0 Å². The summed E-state index contributed by atoms with van der Waals surface area (Å²) in [5, 5.41) is 15.5. The van der Waals surface area contributed by atoms with Gasteiger partial charge in [-0.05, 0) is 30.9 Å². The monoisotopic (exact) mass is 293 g/mol. The van der Waals surface area contributed by atoms with Crippen molar-refractivity contribution in [1.29, 1.82) is 0 Å². The molecule has 1 unspecified atom stereocenters. The highest BCUT2D eigenvalue weighted by molar-refractivity contribution is 5.79. The molecule has 5 nitrogen and oxygen atoms in total. The van der Waals surface area contributed by atoms with E-state index in [2.05, 4.69) is 21.7 Å². The number of nitrogens with zero attached hydrogens (tertiary/aromatic N) is 1. The standard InChI is InChI=1S/C16H27N3O2/c1-4-17-16(19-11-13(2)12-20)18-10-9-14-7-5-6-8-15(14)21-3/h5-8,13,20H,4,9-12H2,1-3H3,(H2,17,18,19). The fraction of sp³-hybridized carbons (Fsp3) is 0.562. The maximum atomic E-state index is 9.04. The maximum absolute atomic E-state index is 9.04. The summed E-state index contributed by atoms with van der Waals surface area (Å²) in [7, 11) is 1.69. The van der Waals surface area contributed by atoms with Gasteiger partial charge in [0, 0.05) is 26.2 Å². The summed E-state index contributed by atoms with van der Waals surface area (Å²) in [6.07, 6.45) is 0.865. The van der Waals surface area contributed by atoms with E-state index < -0.39 is 0 Å². The van der Waals surface area contributed by atoms with Gasteiger partial charge in [-0.25, -0.2) is 0 Å². The number of hydrogen-bond donors (Lipinski definition) is 3. The van der Waals surface area contributed by atoms with Crippen molar-refractivity contribution in [3.63, 3.8) is 0 Å². The second-order valence-electron chi connectivity index (χ2n) is 5.00. The molecule has 5 heteroatoms. The fourth-order valence-electron chi connectivity index (χ4n) is 1.87. The normalized spacial score (nSPS) is 12.9. The van der Waals surface area contributed by atoms with E-state index in [4.69, 9.17) is 9.84 Å². The Bertz CT molecular complexity index is 435. The Hall–Kier alpha value is -1.75. The molecule has 1 rings (SSSR count). The third kappa shape index (κ3) is 6.49. The van der Waals surface area contributed by atoms with Crippen molar-refractivity contribution in [2.75, 3.05) is 33.4 Å². The number of para-hydroxylation sites is 1. The molecule has 0 heterocycles. The summed E-state index contributed by atoms with van der Waals surface area (Å²) >= 11 is 0. The van der Waals surface area contributed by atoms with Crippen LogP contribution in [0.4, 0.5) is 0 Å². The van der Waals surface area contributed by atoms with Gasteiger partial charge in [0.05, 0.1) is 7.11 Å². The molecule has 1 aromatic rings. The van der Waals surface area contributed by atoms with Crippen molar-refractivity contribution in [2.45, 2.75) is 20.3 Å². The third-order valence-corrected chi connectivity index (χ3v) is 3.10. The number of aliphatic hydroxyl groups excluding tert-OH is 1. The Kier molecular flexibility index (Phi) is 8.28. The molecule has 0 radical (unpaired) electrons. The number of guanidine groups is 1. The first kappa shape index (κ1) is 17.3. The van der Waals surface area contributed by atoms with Gasteiger partial charge in [0.25, 0.3) is 0 Å². The zero-order valence-corrected chi connectivity index (χ0v) is 13.2. The molecule has 21 heavy (non-hydrogen) atoms. The summed E-state index contributed by atoms with van der Waals surface area (Å²) in [6, 6.07) is 8.02. The number of rotatable bonds is 8. The van der Waals surface area contributed by atoms with Crippen LogP contribution in [0.2, 0.25) is 0 Å². The van der Waals surface area contributed by atoms with E-state index in [9.17, 15) is 0 Å². The van der Waals surface area contributed by atoms with Crippen LogP contribution in [0.15, 0.2) is 29.3 Å². The number of aliphatic imine (C=N–C) groups is 1. The number of hydrogen-bond acceptors (Lipinski definition) is 3. The van der Waals surface area contributed by atoms with Crippen molar-refractivity contribution >= 4 is 5.96 Å². The molecule has 0 spiro atoms. The molecule has 0 amide bonds. The Morgan fingerprint density at radius 3 is 2.76 bits per heavy atom. The van der Waals surface area contributed by atoms with Crippen LogP contribution in [0.1, 0.15) is 19.4 Å². The first-order valence-corrected chi connectivity index (χ1v) is 7.46. The number of ether oxygens (including phenoxy) is 1. The van der Waals surface area contributed by atoms with E-state index >= 15 is 0 Å². The highest BCUT2D eigenvalue weighted by Gasteiger charge is 2.03. The molecule has 118 valence electrons. The predicted molar refractivity (Wildman–Crippen MR) is 86.9 cm³/mol. The minimum Gasteiger partial charge on any atom is -0.496 e. The Balaban J connectivity index is 2.49. The van der Waals surface area contributed by atoms with Crippen LogP contribution in [0.3, 0.4) is 0 Å². The van der Waals surface area contributed by atoms with Gasteiger partial charge in [-0.2, -0.15) is 0 Å². The molecule has 0 aliphatic rings. The largest absolute Gasteiger partial charge is 0.496 e. The Morgan fingerprint density at radius 2 is 2.10 bits per heavy atom. The predicted octanol–water partition coefficient (Wildman–Crippen LogP) is 1.42. The number of nitrogens with one attached hydrogen (secondary N) is 2. The minimum absolute atomic E-state index is 0.157. The lowest BCUT2D eigenvalue weighted by Gasteiger charge is -2.13. The van der Waals surface area contributed by atoms with E-state index in [0.29, 0.717) is 6.54 Å². The van der Waals surface area contributed by atoms with Gasteiger partial charge in [0.15, 0.2) is 5.96 Å². The molecule has 0 saturated heterocycles. The average molecular weight is 293 g/mol. The van der Waals surface area contributed by atoms with Crippen molar-refractivity contribution in [2.24, 2.45) is 10.9 Å². The van der Waals surface area contributed by atoms with Crippen molar-refractivity contribution in [3.05, 3.63) is 29.8 Å². The second kappa shape index (κ2) is 10.0. The van der Waals surface area contributed by atoms with E-state index in [1.54, 1.807) is 7.11 Å². The molecule has 1 aromatic carbocycles. The van der Waals surface area contributed by atoms with Gasteiger partial charge in [-0.3, -0.25) is 4.99 Å². The topological polar surface area (TPSA) is 65.9 Å². The van der Waals surface area contributed by atoms with Gasteiger partial charge in [-0.15, -0.1) is 0 Å². The SMILES string of the molecule is CCNC(=NCC(C)CO)NCCc1ccccc1OC. The summed E-state index contributed by atoms with van der Waals surface area (Å²) < 4.78 is 5.34. The van der Waals surface area contributed by atoms with Gasteiger partial charge in [0.2, 0.25) is 0 Å². The molecule has 0 saturated carbocycles. The molecule has 0 aliphatic heterocycles. The van der Waals surface area contributed by atoms with Crippen molar-refractivity contribution in [3.8, 4) is 5.75 Å². The molecular formula is C16H27N3O2. The van der Waals surface area contributed by atoms with E-state index in [-0.39, 0.29) is 12.5 Å². The first-order chi connectivity index (χ1) is 10.2. The van der Waals surface area contributed by atoms with Crippen LogP contribution < -0.4 is 15.4 Å². The van der Waals surface area contributed by atoms with Crippen molar-refractivity contribution in [1.82, 2.24) is 10.6 Å². The van der Waals surface area contributed by atoms with Gasteiger partial charge in [-0.1, -0.05) is 25.1 Å². The average Bonchev–Trinajstić information content (AvgIpc) is 2.52. The van der Waals surface area contributed by atoms with Crippen LogP contribution in [0, 0.1) is 5.92 Å². The molecule has 0 aliphatic carbocycles. The third-order valence-electron chi connectivity index (χ3n) is 3.10. The molecule has 0 bridgehead atoms. The van der Waals surface area contributed by atoms with E-state index in [0.717, 1.165) is 31.2 Å². The Labute approximate surface area is 127 Å². The zero-order chi connectivity index (χ0) is 15.5. The van der Waals surface area contributed by atoms with Crippen LogP contribution in [0.25, 0.3) is 0 Å². The Morgan fingerprint density at radius 1 is 1.33 bits per heavy atom. The minimum atomic E-state index is 0.157. The lowest BCUT2D eigenvalue weighted by Crippen LogP contribution is -2.38. The van der Waals surface area contributed by atoms with Crippen molar-refractivity contribution < 1.29 is 9.84 Å².